The molecule has 0 fully saturated rings. The molecule has 2 aromatic heterocycles. The fourth-order valence-electron chi connectivity index (χ4n) is 3.35. The number of thiazole rings is 1. The lowest BCUT2D eigenvalue weighted by Gasteiger charge is -2.19. The van der Waals surface area contributed by atoms with Gasteiger partial charge in [0.25, 0.3) is 0 Å². The summed E-state index contributed by atoms with van der Waals surface area (Å²) in [5, 5.41) is 6.35. The summed E-state index contributed by atoms with van der Waals surface area (Å²) in [6, 6.07) is 13.5. The van der Waals surface area contributed by atoms with Gasteiger partial charge in [-0.05, 0) is 49.6 Å². The van der Waals surface area contributed by atoms with Gasteiger partial charge < -0.3 is 0 Å². The predicted molar refractivity (Wildman–Crippen MR) is 121 cm³/mol. The van der Waals surface area contributed by atoms with Crippen LogP contribution in [0.2, 0.25) is 0 Å². The van der Waals surface area contributed by atoms with Gasteiger partial charge in [-0.2, -0.15) is 0 Å². The number of benzene rings is 2. The van der Waals surface area contributed by atoms with Gasteiger partial charge in [0, 0.05) is 17.9 Å². The Morgan fingerprint density at radius 2 is 1.87 bits per heavy atom. The van der Waals surface area contributed by atoms with Gasteiger partial charge in [0.05, 0.1) is 17.9 Å². The molecule has 0 aliphatic rings. The maximum absolute atomic E-state index is 12.4. The Bertz CT molecular complexity index is 1320. The van der Waals surface area contributed by atoms with Crippen LogP contribution in [0.15, 0.2) is 57.2 Å². The Morgan fingerprint density at radius 1 is 1.10 bits per heavy atom. The van der Waals surface area contributed by atoms with E-state index in [-0.39, 0.29) is 12.5 Å². The lowest BCUT2D eigenvalue weighted by molar-refractivity contribution is -0.115. The molecule has 0 atom stereocenters. The van der Waals surface area contributed by atoms with Crippen LogP contribution in [-0.2, 0) is 11.3 Å². The van der Waals surface area contributed by atoms with Gasteiger partial charge >= 0.3 is 5.76 Å². The fraction of sp³-hybridized carbons (Fsp3) is 0.217. The average Bonchev–Trinajstić information content (AvgIpc) is 3.33. The molecular weight excluding hydrogens is 412 g/mol. The molecule has 0 bridgehead atoms. The molecule has 8 heteroatoms. The third kappa shape index (κ3) is 4.06. The molecule has 2 heterocycles. The summed E-state index contributed by atoms with van der Waals surface area (Å²) in [5.41, 5.74) is 5.47. The molecule has 0 saturated heterocycles. The largest absolute Gasteiger partial charge is 0.442 e. The van der Waals surface area contributed by atoms with E-state index >= 15 is 0 Å². The van der Waals surface area contributed by atoms with Crippen molar-refractivity contribution in [2.45, 2.75) is 34.2 Å². The highest BCUT2D eigenvalue weighted by Crippen LogP contribution is 2.31. The summed E-state index contributed by atoms with van der Waals surface area (Å²) in [7, 11) is 0. The molecule has 0 aliphatic carbocycles. The molecule has 2 aromatic carbocycles. The second kappa shape index (κ2) is 8.31. The van der Waals surface area contributed by atoms with Crippen molar-refractivity contribution in [3.8, 4) is 11.4 Å². The van der Waals surface area contributed by atoms with Gasteiger partial charge in [0.2, 0.25) is 5.91 Å². The van der Waals surface area contributed by atoms with Crippen molar-refractivity contribution in [1.29, 1.82) is 0 Å². The lowest BCUT2D eigenvalue weighted by Crippen LogP contribution is -2.23. The van der Waals surface area contributed by atoms with Crippen LogP contribution in [0.5, 0.6) is 0 Å². The van der Waals surface area contributed by atoms with Crippen LogP contribution < -0.4 is 10.7 Å². The smallest absolute Gasteiger partial charge is 0.295 e. The van der Waals surface area contributed by atoms with E-state index in [1.807, 2.05) is 68.6 Å². The van der Waals surface area contributed by atoms with Crippen LogP contribution in [-0.4, -0.2) is 20.6 Å². The normalized spacial score (nSPS) is 11.0. The first-order chi connectivity index (χ1) is 14.8. The van der Waals surface area contributed by atoms with E-state index in [1.165, 1.54) is 22.8 Å². The van der Waals surface area contributed by atoms with Crippen molar-refractivity contribution in [2.75, 3.05) is 4.90 Å². The van der Waals surface area contributed by atoms with Crippen molar-refractivity contribution in [2.24, 2.45) is 0 Å². The average molecular weight is 435 g/mol. The van der Waals surface area contributed by atoms with Crippen LogP contribution >= 0.6 is 11.3 Å². The topological polar surface area (TPSA) is 81.2 Å². The number of carbonyl (C=O) groups is 1. The number of carbonyl (C=O) groups excluding carboxylic acids is 1. The van der Waals surface area contributed by atoms with Crippen molar-refractivity contribution >= 4 is 28.1 Å². The molecule has 31 heavy (non-hydrogen) atoms. The summed E-state index contributed by atoms with van der Waals surface area (Å²) in [6.07, 6.45) is 0. The van der Waals surface area contributed by atoms with Gasteiger partial charge in [-0.1, -0.05) is 35.5 Å². The van der Waals surface area contributed by atoms with Crippen LogP contribution in [0.25, 0.3) is 11.4 Å². The number of hydrogen-bond acceptors (Lipinski definition) is 6. The van der Waals surface area contributed by atoms with Gasteiger partial charge in [-0.3, -0.25) is 18.8 Å². The number of nitrogens with zero attached hydrogens (tertiary/aromatic N) is 4. The van der Waals surface area contributed by atoms with Gasteiger partial charge in [-0.15, -0.1) is 11.3 Å². The van der Waals surface area contributed by atoms with E-state index in [1.54, 1.807) is 4.90 Å². The summed E-state index contributed by atoms with van der Waals surface area (Å²) in [4.78, 5) is 30.9. The Morgan fingerprint density at radius 3 is 2.58 bits per heavy atom. The number of aromatic nitrogens is 3. The Balaban J connectivity index is 1.68. The Hall–Kier alpha value is -3.52. The summed E-state index contributed by atoms with van der Waals surface area (Å²) in [5.74, 6) is -0.229. The standard InChI is InChI=1S/C23H22N4O3S/c1-14-9-10-19(11-16(14)3)27(17(4)28)22-24-18(13-31-22)12-26-21(25-30-23(26)29)20-8-6-5-7-15(20)2/h5-11,13H,12H2,1-4H3. The second-order valence-corrected chi connectivity index (χ2v) is 8.25. The molecule has 4 rings (SSSR count). The molecule has 0 spiro atoms. The van der Waals surface area contributed by atoms with Crippen LogP contribution in [0, 0.1) is 20.8 Å². The summed E-state index contributed by atoms with van der Waals surface area (Å²) >= 11 is 1.35. The number of rotatable bonds is 5. The third-order valence-electron chi connectivity index (χ3n) is 5.19. The van der Waals surface area contributed by atoms with Crippen molar-refractivity contribution in [1.82, 2.24) is 14.7 Å². The minimum absolute atomic E-state index is 0.133. The molecule has 158 valence electrons. The maximum Gasteiger partial charge on any atom is 0.442 e. The zero-order valence-electron chi connectivity index (χ0n) is 17.7. The van der Waals surface area contributed by atoms with Gasteiger partial charge in [0.15, 0.2) is 11.0 Å². The van der Waals surface area contributed by atoms with E-state index < -0.39 is 5.76 Å². The van der Waals surface area contributed by atoms with Gasteiger partial charge in [0.1, 0.15) is 0 Å². The monoisotopic (exact) mass is 434 g/mol. The lowest BCUT2D eigenvalue weighted by atomic mass is 10.1. The van der Waals surface area contributed by atoms with Crippen molar-refractivity contribution < 1.29 is 9.32 Å². The van der Waals surface area contributed by atoms with Gasteiger partial charge in [-0.25, -0.2) is 9.78 Å². The fourth-order valence-corrected chi connectivity index (χ4v) is 4.23. The molecule has 7 nitrogen and oxygen atoms in total. The zero-order valence-corrected chi connectivity index (χ0v) is 18.6. The zero-order chi connectivity index (χ0) is 22.1. The molecule has 4 aromatic rings. The van der Waals surface area contributed by atoms with Crippen LogP contribution in [0.4, 0.5) is 10.8 Å². The minimum atomic E-state index is -0.551. The van der Waals surface area contributed by atoms with E-state index in [9.17, 15) is 9.59 Å². The minimum Gasteiger partial charge on any atom is -0.295 e. The molecule has 0 radical (unpaired) electrons. The van der Waals surface area contributed by atoms with E-state index in [0.717, 1.165) is 27.9 Å². The number of aryl methyl sites for hydroxylation is 3. The molecule has 0 unspecified atom stereocenters. The number of anilines is 2. The Kier molecular flexibility index (Phi) is 5.56. The third-order valence-corrected chi connectivity index (χ3v) is 6.06. The van der Waals surface area contributed by atoms with Crippen LogP contribution in [0.1, 0.15) is 29.3 Å². The number of hydrogen-bond donors (Lipinski definition) is 0. The van der Waals surface area contributed by atoms with E-state index in [4.69, 9.17) is 4.52 Å². The quantitative estimate of drug-likeness (QED) is 0.458. The van der Waals surface area contributed by atoms with Crippen LogP contribution in [0.3, 0.4) is 0 Å². The summed E-state index contributed by atoms with van der Waals surface area (Å²) < 4.78 is 6.39. The maximum atomic E-state index is 12.4. The molecule has 1 amide bonds. The first-order valence-corrected chi connectivity index (χ1v) is 10.7. The van der Waals surface area contributed by atoms with E-state index in [0.29, 0.717) is 16.6 Å². The SMILES string of the molecule is CC(=O)N(c1ccc(C)c(C)c1)c1nc(Cn2c(-c3ccccc3C)noc2=O)cs1. The Labute approximate surface area is 183 Å². The highest BCUT2D eigenvalue weighted by molar-refractivity contribution is 7.14. The highest BCUT2D eigenvalue weighted by Gasteiger charge is 2.20. The molecule has 0 N–H and O–H groups in total. The van der Waals surface area contributed by atoms with Crippen molar-refractivity contribution in [3.05, 3.63) is 80.8 Å². The second-order valence-electron chi connectivity index (χ2n) is 7.42. The molecule has 0 aliphatic heterocycles. The van der Waals surface area contributed by atoms with E-state index in [2.05, 4.69) is 10.1 Å². The first-order valence-electron chi connectivity index (χ1n) is 9.80. The highest BCUT2D eigenvalue weighted by atomic mass is 32.1. The predicted octanol–water partition coefficient (Wildman–Crippen LogP) is 4.62. The molecule has 0 saturated carbocycles. The number of amides is 1. The molecular formula is C23H22N4O3S. The summed E-state index contributed by atoms with van der Waals surface area (Å²) in [6.45, 7) is 7.70. The first kappa shape index (κ1) is 20.7. The van der Waals surface area contributed by atoms with Crippen molar-refractivity contribution in [3.63, 3.8) is 0 Å².